The Balaban J connectivity index is 2.41. The predicted octanol–water partition coefficient (Wildman–Crippen LogP) is 2.22. The third-order valence-corrected chi connectivity index (χ3v) is 2.47. The summed E-state index contributed by atoms with van der Waals surface area (Å²) in [5.74, 6) is 0.173. The highest BCUT2D eigenvalue weighted by molar-refractivity contribution is 5.77. The van der Waals surface area contributed by atoms with Crippen molar-refractivity contribution < 1.29 is 14.3 Å². The fourth-order valence-corrected chi connectivity index (χ4v) is 2.04. The maximum Gasteiger partial charge on any atom is 0.410 e. The molecule has 16 heavy (non-hydrogen) atoms. The molecule has 1 heterocycles. The zero-order valence-electron chi connectivity index (χ0n) is 10.8. The van der Waals surface area contributed by atoms with Gasteiger partial charge < -0.3 is 14.4 Å². The van der Waals surface area contributed by atoms with E-state index in [2.05, 4.69) is 0 Å². The van der Waals surface area contributed by atoms with E-state index in [9.17, 15) is 9.59 Å². The van der Waals surface area contributed by atoms with Crippen molar-refractivity contribution in [1.29, 1.82) is 0 Å². The first kappa shape index (κ1) is 13.0. The molecular weight excluding hydrogens is 206 g/mol. The van der Waals surface area contributed by atoms with E-state index in [-0.39, 0.29) is 17.3 Å². The first-order valence-electron chi connectivity index (χ1n) is 5.59. The Morgan fingerprint density at radius 3 is 2.19 bits per heavy atom. The van der Waals surface area contributed by atoms with Crippen molar-refractivity contribution in [2.24, 2.45) is 5.41 Å². The van der Waals surface area contributed by atoms with Crippen molar-refractivity contribution in [3.05, 3.63) is 0 Å². The summed E-state index contributed by atoms with van der Waals surface area (Å²) < 4.78 is 5.24. The SMILES string of the molecule is CC(=O)CC1(C)CN(C(=O)OC(C)(C)C)C1. The van der Waals surface area contributed by atoms with Gasteiger partial charge in [-0.15, -0.1) is 0 Å². The molecule has 0 N–H and O–H groups in total. The Hall–Kier alpha value is -1.06. The van der Waals surface area contributed by atoms with Crippen LogP contribution in [-0.2, 0) is 9.53 Å². The van der Waals surface area contributed by atoms with Gasteiger partial charge in [0.15, 0.2) is 0 Å². The molecule has 1 amide bonds. The van der Waals surface area contributed by atoms with E-state index in [1.165, 1.54) is 0 Å². The summed E-state index contributed by atoms with van der Waals surface area (Å²) >= 11 is 0. The molecule has 92 valence electrons. The quantitative estimate of drug-likeness (QED) is 0.726. The molecule has 0 atom stereocenters. The summed E-state index contributed by atoms with van der Waals surface area (Å²) in [5.41, 5.74) is -0.508. The minimum absolute atomic E-state index is 0.0528. The molecule has 4 heteroatoms. The summed E-state index contributed by atoms with van der Waals surface area (Å²) in [4.78, 5) is 24.3. The highest BCUT2D eigenvalue weighted by Crippen LogP contribution is 2.34. The fraction of sp³-hybridized carbons (Fsp3) is 0.833. The van der Waals surface area contributed by atoms with Crippen molar-refractivity contribution in [2.75, 3.05) is 13.1 Å². The number of Topliss-reactive ketones (excluding diaryl/α,β-unsaturated/α-hetero) is 1. The topological polar surface area (TPSA) is 46.6 Å². The van der Waals surface area contributed by atoms with Crippen LogP contribution in [-0.4, -0.2) is 35.5 Å². The number of ketones is 1. The van der Waals surface area contributed by atoms with Crippen LogP contribution in [0, 0.1) is 5.41 Å². The third-order valence-electron chi connectivity index (χ3n) is 2.47. The van der Waals surface area contributed by atoms with Crippen LogP contribution in [0.3, 0.4) is 0 Å². The van der Waals surface area contributed by atoms with Crippen molar-refractivity contribution in [3.63, 3.8) is 0 Å². The van der Waals surface area contributed by atoms with Gasteiger partial charge in [0.1, 0.15) is 11.4 Å². The van der Waals surface area contributed by atoms with Gasteiger partial charge in [0, 0.05) is 24.9 Å². The highest BCUT2D eigenvalue weighted by Gasteiger charge is 2.43. The molecule has 0 unspecified atom stereocenters. The molecule has 4 nitrogen and oxygen atoms in total. The van der Waals surface area contributed by atoms with E-state index in [0.29, 0.717) is 19.5 Å². The number of amides is 1. The number of likely N-dealkylation sites (tertiary alicyclic amines) is 1. The minimum Gasteiger partial charge on any atom is -0.444 e. The van der Waals surface area contributed by atoms with Crippen LogP contribution in [0.15, 0.2) is 0 Å². The lowest BCUT2D eigenvalue weighted by Gasteiger charge is -2.47. The average molecular weight is 227 g/mol. The highest BCUT2D eigenvalue weighted by atomic mass is 16.6. The van der Waals surface area contributed by atoms with Crippen LogP contribution in [0.2, 0.25) is 0 Å². The van der Waals surface area contributed by atoms with Gasteiger partial charge in [0.05, 0.1) is 0 Å². The zero-order chi connectivity index (χ0) is 12.6. The first-order valence-corrected chi connectivity index (χ1v) is 5.59. The molecule has 0 aromatic carbocycles. The smallest absolute Gasteiger partial charge is 0.410 e. The summed E-state index contributed by atoms with van der Waals surface area (Å²) in [7, 11) is 0. The number of carbonyl (C=O) groups excluding carboxylic acids is 2. The van der Waals surface area contributed by atoms with E-state index < -0.39 is 5.60 Å². The fourth-order valence-electron chi connectivity index (χ4n) is 2.04. The monoisotopic (exact) mass is 227 g/mol. The number of hydrogen-bond acceptors (Lipinski definition) is 3. The summed E-state index contributed by atoms with van der Waals surface area (Å²) in [6, 6.07) is 0. The largest absolute Gasteiger partial charge is 0.444 e. The van der Waals surface area contributed by atoms with E-state index in [1.54, 1.807) is 11.8 Å². The second kappa shape index (κ2) is 4.07. The van der Waals surface area contributed by atoms with E-state index >= 15 is 0 Å². The van der Waals surface area contributed by atoms with Gasteiger partial charge in [-0.2, -0.15) is 0 Å². The number of nitrogens with zero attached hydrogens (tertiary/aromatic N) is 1. The molecule has 0 saturated carbocycles. The van der Waals surface area contributed by atoms with Gasteiger partial charge in [-0.1, -0.05) is 6.92 Å². The van der Waals surface area contributed by atoms with E-state index in [1.807, 2.05) is 27.7 Å². The molecule has 0 aromatic heterocycles. The summed E-state index contributed by atoms with van der Waals surface area (Å²) in [6.45, 7) is 10.4. The van der Waals surface area contributed by atoms with Gasteiger partial charge in [0.2, 0.25) is 0 Å². The van der Waals surface area contributed by atoms with Gasteiger partial charge >= 0.3 is 6.09 Å². The molecule has 0 radical (unpaired) electrons. The van der Waals surface area contributed by atoms with Crippen molar-refractivity contribution >= 4 is 11.9 Å². The lowest BCUT2D eigenvalue weighted by molar-refractivity contribution is -0.122. The zero-order valence-corrected chi connectivity index (χ0v) is 10.8. The molecule has 0 aliphatic carbocycles. The van der Waals surface area contributed by atoms with Crippen LogP contribution >= 0.6 is 0 Å². The molecule has 0 bridgehead atoms. The Kier molecular flexibility index (Phi) is 3.31. The lowest BCUT2D eigenvalue weighted by Crippen LogP contribution is -2.58. The normalized spacial score (nSPS) is 18.9. The van der Waals surface area contributed by atoms with E-state index in [0.717, 1.165) is 0 Å². The van der Waals surface area contributed by atoms with Crippen LogP contribution in [0.1, 0.15) is 41.0 Å². The third kappa shape index (κ3) is 3.51. The molecular formula is C12H21NO3. The molecule has 1 aliphatic heterocycles. The van der Waals surface area contributed by atoms with Gasteiger partial charge in [-0.3, -0.25) is 0 Å². The molecule has 0 aromatic rings. The van der Waals surface area contributed by atoms with Crippen LogP contribution in [0.25, 0.3) is 0 Å². The number of carbonyl (C=O) groups is 2. The van der Waals surface area contributed by atoms with Crippen LogP contribution < -0.4 is 0 Å². The molecule has 1 saturated heterocycles. The maximum atomic E-state index is 11.6. The number of rotatable bonds is 2. The Morgan fingerprint density at radius 2 is 1.81 bits per heavy atom. The van der Waals surface area contributed by atoms with Gasteiger partial charge in [0.25, 0.3) is 0 Å². The average Bonchev–Trinajstić information content (AvgIpc) is 1.94. The number of hydrogen-bond donors (Lipinski definition) is 0. The summed E-state index contributed by atoms with van der Waals surface area (Å²) in [5, 5.41) is 0. The Labute approximate surface area is 96.9 Å². The van der Waals surface area contributed by atoms with Crippen molar-refractivity contribution in [2.45, 2.75) is 46.6 Å². The molecule has 1 aliphatic rings. The van der Waals surface area contributed by atoms with Gasteiger partial charge in [-0.05, 0) is 27.7 Å². The second-order valence-electron chi connectivity index (χ2n) is 6.03. The first-order chi connectivity index (χ1) is 7.11. The Bertz CT molecular complexity index is 298. The second-order valence-corrected chi connectivity index (χ2v) is 6.03. The standard InChI is InChI=1S/C12H21NO3/c1-9(14)6-12(5)7-13(8-12)10(15)16-11(2,3)4/h6-8H2,1-5H3. The lowest BCUT2D eigenvalue weighted by atomic mass is 9.78. The predicted molar refractivity (Wildman–Crippen MR) is 61.2 cm³/mol. The maximum absolute atomic E-state index is 11.6. The molecule has 0 spiro atoms. The number of ether oxygens (including phenoxy) is 1. The van der Waals surface area contributed by atoms with Crippen LogP contribution in [0.4, 0.5) is 4.79 Å². The minimum atomic E-state index is -0.455. The van der Waals surface area contributed by atoms with E-state index in [4.69, 9.17) is 4.74 Å². The molecule has 1 fully saturated rings. The van der Waals surface area contributed by atoms with Crippen LogP contribution in [0.5, 0.6) is 0 Å². The van der Waals surface area contributed by atoms with Crippen molar-refractivity contribution in [3.8, 4) is 0 Å². The Morgan fingerprint density at radius 1 is 1.31 bits per heavy atom. The van der Waals surface area contributed by atoms with Crippen molar-refractivity contribution in [1.82, 2.24) is 4.90 Å². The molecule has 1 rings (SSSR count). The summed E-state index contributed by atoms with van der Waals surface area (Å²) in [6.07, 6.45) is 0.250. The van der Waals surface area contributed by atoms with Gasteiger partial charge in [-0.25, -0.2) is 4.79 Å².